The van der Waals surface area contributed by atoms with Crippen molar-refractivity contribution in [3.05, 3.63) is 23.8 Å². The maximum Gasteiger partial charge on any atom is 0.387 e. The third kappa shape index (κ3) is 4.57. The van der Waals surface area contributed by atoms with Crippen molar-refractivity contribution in [2.75, 3.05) is 7.11 Å². The lowest BCUT2D eigenvalue weighted by molar-refractivity contribution is -0.140. The lowest BCUT2D eigenvalue weighted by atomic mass is 10.0. The Kier molecular flexibility index (Phi) is 6.09. The molecule has 1 rings (SSSR count). The Labute approximate surface area is 126 Å². The van der Waals surface area contributed by atoms with E-state index in [4.69, 9.17) is 9.84 Å². The molecule has 0 saturated carbocycles. The average Bonchev–Trinajstić information content (AvgIpc) is 2.43. The molecule has 0 aliphatic heterocycles. The van der Waals surface area contributed by atoms with Crippen molar-refractivity contribution in [1.29, 1.82) is 0 Å². The Morgan fingerprint density at radius 1 is 1.23 bits per heavy atom. The zero-order chi connectivity index (χ0) is 16.9. The van der Waals surface area contributed by atoms with Crippen LogP contribution in [0.25, 0.3) is 0 Å². The highest BCUT2D eigenvalue weighted by molar-refractivity contribution is 5.97. The van der Waals surface area contributed by atoms with Gasteiger partial charge in [0.05, 0.1) is 7.11 Å². The number of hydrogen-bond donors (Lipinski definition) is 2. The molecule has 6 nitrogen and oxygen atoms in total. The molecular weight excluding hydrogens is 300 g/mol. The summed E-state index contributed by atoms with van der Waals surface area (Å²) in [7, 11) is 1.24. The molecule has 0 heterocycles. The molecule has 0 saturated heterocycles. The third-order valence-electron chi connectivity index (χ3n) is 2.86. The van der Waals surface area contributed by atoms with Gasteiger partial charge in [-0.3, -0.25) is 4.79 Å². The summed E-state index contributed by atoms with van der Waals surface area (Å²) in [5.74, 6) is -2.39. The second-order valence-electron chi connectivity index (χ2n) is 4.78. The van der Waals surface area contributed by atoms with Crippen LogP contribution < -0.4 is 14.8 Å². The lowest BCUT2D eigenvalue weighted by Gasteiger charge is -2.18. The molecule has 0 bridgehead atoms. The number of carboxylic acids is 1. The van der Waals surface area contributed by atoms with E-state index in [0.29, 0.717) is 0 Å². The van der Waals surface area contributed by atoms with Crippen LogP contribution in [0.1, 0.15) is 24.2 Å². The third-order valence-corrected chi connectivity index (χ3v) is 2.86. The first kappa shape index (κ1) is 17.7. The van der Waals surface area contributed by atoms with Gasteiger partial charge >= 0.3 is 12.6 Å². The number of ether oxygens (including phenoxy) is 2. The summed E-state index contributed by atoms with van der Waals surface area (Å²) in [6.45, 7) is 0.282. The minimum atomic E-state index is -3.02. The van der Waals surface area contributed by atoms with E-state index in [1.54, 1.807) is 13.8 Å². The fourth-order valence-electron chi connectivity index (χ4n) is 1.74. The van der Waals surface area contributed by atoms with E-state index in [-0.39, 0.29) is 23.0 Å². The van der Waals surface area contributed by atoms with E-state index in [1.165, 1.54) is 19.2 Å². The van der Waals surface area contributed by atoms with Crippen LogP contribution in [0.3, 0.4) is 0 Å². The summed E-state index contributed by atoms with van der Waals surface area (Å²) in [5, 5.41) is 11.4. The Balaban J connectivity index is 2.97. The Hall–Kier alpha value is -2.38. The number of halogens is 2. The van der Waals surface area contributed by atoms with Crippen molar-refractivity contribution < 1.29 is 33.0 Å². The van der Waals surface area contributed by atoms with Gasteiger partial charge in [0.2, 0.25) is 0 Å². The van der Waals surface area contributed by atoms with Crippen molar-refractivity contribution in [3.63, 3.8) is 0 Å². The molecular formula is C14H17F2NO5. The molecule has 0 spiro atoms. The van der Waals surface area contributed by atoms with Crippen LogP contribution in [0.5, 0.6) is 11.5 Å². The number of aliphatic carboxylic acids is 1. The highest BCUT2D eigenvalue weighted by Crippen LogP contribution is 2.29. The number of carbonyl (C=O) groups excluding carboxylic acids is 1. The molecule has 1 aromatic rings. The van der Waals surface area contributed by atoms with Crippen molar-refractivity contribution in [1.82, 2.24) is 5.32 Å². The predicted octanol–water partition coefficient (Wildman–Crippen LogP) is 2.14. The molecule has 2 N–H and O–H groups in total. The lowest BCUT2D eigenvalue weighted by Crippen LogP contribution is -2.44. The highest BCUT2D eigenvalue weighted by Gasteiger charge is 2.24. The molecule has 0 unspecified atom stereocenters. The zero-order valence-corrected chi connectivity index (χ0v) is 12.3. The Bertz CT molecular complexity index is 548. The molecule has 122 valence electrons. The number of carbonyl (C=O) groups is 2. The van der Waals surface area contributed by atoms with Gasteiger partial charge in [0.15, 0.2) is 11.5 Å². The van der Waals surface area contributed by atoms with Gasteiger partial charge in [-0.05, 0) is 24.1 Å². The van der Waals surface area contributed by atoms with E-state index in [0.717, 1.165) is 6.07 Å². The summed E-state index contributed by atoms with van der Waals surface area (Å²) in [6, 6.07) is 2.54. The normalized spacial score (nSPS) is 12.1. The summed E-state index contributed by atoms with van der Waals surface area (Å²) in [4.78, 5) is 23.1. The predicted molar refractivity (Wildman–Crippen MR) is 73.4 cm³/mol. The van der Waals surface area contributed by atoms with E-state index in [1.807, 2.05) is 0 Å². The van der Waals surface area contributed by atoms with Crippen LogP contribution in [0.4, 0.5) is 8.78 Å². The van der Waals surface area contributed by atoms with Gasteiger partial charge in [-0.1, -0.05) is 13.8 Å². The molecule has 0 radical (unpaired) electrons. The second-order valence-corrected chi connectivity index (χ2v) is 4.78. The molecule has 0 fully saturated rings. The van der Waals surface area contributed by atoms with E-state index >= 15 is 0 Å². The standard InChI is InChI=1S/C14H17F2NO5/c1-7(2)11(13(19)20)17-12(18)8-4-5-9(22-14(15)16)10(6-8)21-3/h4-7,11,14H,1-3H3,(H,17,18)(H,19,20)/t11-/m1/s1. The van der Waals surface area contributed by atoms with Crippen LogP contribution in [0, 0.1) is 5.92 Å². The van der Waals surface area contributed by atoms with Gasteiger partial charge in [-0.2, -0.15) is 8.78 Å². The Morgan fingerprint density at radius 3 is 2.32 bits per heavy atom. The van der Waals surface area contributed by atoms with Crippen molar-refractivity contribution in [3.8, 4) is 11.5 Å². The summed E-state index contributed by atoms with van der Waals surface area (Å²) in [6.07, 6.45) is 0. The van der Waals surface area contributed by atoms with Crippen molar-refractivity contribution >= 4 is 11.9 Å². The molecule has 0 aliphatic rings. The number of amides is 1. The van der Waals surface area contributed by atoms with Crippen molar-refractivity contribution in [2.45, 2.75) is 26.5 Å². The summed E-state index contributed by atoms with van der Waals surface area (Å²) >= 11 is 0. The fourth-order valence-corrected chi connectivity index (χ4v) is 1.74. The number of rotatable bonds is 7. The van der Waals surface area contributed by atoms with Gasteiger partial charge in [-0.25, -0.2) is 4.79 Å². The first-order valence-electron chi connectivity index (χ1n) is 6.42. The minimum Gasteiger partial charge on any atom is -0.493 e. The van der Waals surface area contributed by atoms with Gasteiger partial charge in [0.1, 0.15) is 6.04 Å². The van der Waals surface area contributed by atoms with Crippen LogP contribution in [-0.4, -0.2) is 36.7 Å². The van der Waals surface area contributed by atoms with Crippen molar-refractivity contribution in [2.24, 2.45) is 5.92 Å². The van der Waals surface area contributed by atoms with Crippen LogP contribution in [-0.2, 0) is 4.79 Å². The fraction of sp³-hybridized carbons (Fsp3) is 0.429. The Morgan fingerprint density at radius 2 is 1.86 bits per heavy atom. The molecule has 1 amide bonds. The van der Waals surface area contributed by atoms with Gasteiger partial charge < -0.3 is 19.9 Å². The molecule has 8 heteroatoms. The second kappa shape index (κ2) is 7.58. The number of alkyl halides is 2. The first-order chi connectivity index (χ1) is 10.3. The molecule has 22 heavy (non-hydrogen) atoms. The number of nitrogens with one attached hydrogen (secondary N) is 1. The van der Waals surface area contributed by atoms with E-state index in [2.05, 4.69) is 10.1 Å². The smallest absolute Gasteiger partial charge is 0.387 e. The van der Waals surface area contributed by atoms with E-state index < -0.39 is 24.5 Å². The highest BCUT2D eigenvalue weighted by atomic mass is 19.3. The first-order valence-corrected chi connectivity index (χ1v) is 6.42. The number of carboxylic acid groups (broad SMARTS) is 1. The largest absolute Gasteiger partial charge is 0.493 e. The molecule has 1 atom stereocenters. The SMILES string of the molecule is COc1cc(C(=O)N[C@@H](C(=O)O)C(C)C)ccc1OC(F)F. The molecule has 0 aromatic heterocycles. The molecule has 1 aromatic carbocycles. The monoisotopic (exact) mass is 317 g/mol. The van der Waals surface area contributed by atoms with Gasteiger partial charge in [-0.15, -0.1) is 0 Å². The van der Waals surface area contributed by atoms with Crippen LogP contribution >= 0.6 is 0 Å². The van der Waals surface area contributed by atoms with Gasteiger partial charge in [0.25, 0.3) is 5.91 Å². The maximum atomic E-state index is 12.2. The van der Waals surface area contributed by atoms with E-state index in [9.17, 15) is 18.4 Å². The van der Waals surface area contributed by atoms with Crippen LogP contribution in [0.15, 0.2) is 18.2 Å². The van der Waals surface area contributed by atoms with Crippen LogP contribution in [0.2, 0.25) is 0 Å². The zero-order valence-electron chi connectivity index (χ0n) is 12.3. The molecule has 0 aliphatic carbocycles. The topological polar surface area (TPSA) is 84.9 Å². The number of benzene rings is 1. The maximum absolute atomic E-state index is 12.2. The summed E-state index contributed by atoms with van der Waals surface area (Å²) < 4.78 is 33.6. The number of hydrogen-bond acceptors (Lipinski definition) is 4. The van der Waals surface area contributed by atoms with Gasteiger partial charge in [0, 0.05) is 5.56 Å². The summed E-state index contributed by atoms with van der Waals surface area (Å²) in [5.41, 5.74) is 0.0744. The minimum absolute atomic E-state index is 0.0515. The average molecular weight is 317 g/mol. The number of methoxy groups -OCH3 is 1. The quantitative estimate of drug-likeness (QED) is 0.805.